The third-order valence-corrected chi connectivity index (χ3v) is 8.32. The van der Waals surface area contributed by atoms with E-state index in [4.69, 9.17) is 11.1 Å². The summed E-state index contributed by atoms with van der Waals surface area (Å²) in [5.41, 5.74) is 16.1. The second-order valence-corrected chi connectivity index (χ2v) is 11.7. The van der Waals surface area contributed by atoms with Crippen LogP contribution in [0.2, 0.25) is 0 Å². The van der Waals surface area contributed by atoms with E-state index >= 15 is 0 Å². The molecular weight excluding hydrogens is 500 g/mol. The number of unbranched alkanes of at least 4 members (excludes halogenated alkanes) is 1. The van der Waals surface area contributed by atoms with Crippen LogP contribution in [0.1, 0.15) is 71.4 Å². The van der Waals surface area contributed by atoms with Gasteiger partial charge < -0.3 is 20.9 Å². The van der Waals surface area contributed by atoms with E-state index < -0.39 is 0 Å². The van der Waals surface area contributed by atoms with Crippen molar-refractivity contribution < 1.29 is 0 Å². The van der Waals surface area contributed by atoms with Gasteiger partial charge in [-0.25, -0.2) is 4.98 Å². The maximum Gasteiger partial charge on any atom is 0.132 e. The van der Waals surface area contributed by atoms with Crippen LogP contribution in [0.15, 0.2) is 66.2 Å². The predicted octanol–water partition coefficient (Wildman–Crippen LogP) is 6.66. The molecule has 5 N–H and O–H groups in total. The number of allylic oxidation sites excluding steroid dienone is 5. The van der Waals surface area contributed by atoms with E-state index in [1.165, 1.54) is 26.6 Å². The number of nitrogens with zero attached hydrogens (tertiary/aromatic N) is 2. The summed E-state index contributed by atoms with van der Waals surface area (Å²) < 4.78 is 0. The fraction of sp³-hybridized carbons (Fsp3) is 0.312. The molecule has 0 spiro atoms. The molecule has 4 heterocycles. The average Bonchev–Trinajstić information content (AvgIpc) is 3.51. The fourth-order valence-corrected chi connectivity index (χ4v) is 5.97. The largest absolute Gasteiger partial charge is 0.387 e. The van der Waals surface area contributed by atoms with E-state index in [2.05, 4.69) is 90.5 Å². The van der Waals surface area contributed by atoms with Crippen molar-refractivity contribution in [2.75, 3.05) is 25.4 Å². The van der Waals surface area contributed by atoms with Crippen LogP contribution in [0, 0.1) is 12.3 Å². The normalized spacial score (nSPS) is 15.1. The Morgan fingerprint density at radius 3 is 2.79 bits per heavy atom. The molecule has 1 aliphatic carbocycles. The van der Waals surface area contributed by atoms with E-state index in [1.807, 2.05) is 12.3 Å². The van der Waals surface area contributed by atoms with E-state index in [9.17, 15) is 0 Å². The molecule has 202 valence electrons. The molecule has 3 aromatic rings. The monoisotopic (exact) mass is 538 g/mol. The molecule has 7 heteroatoms. The number of rotatable bonds is 9. The molecule has 1 aliphatic heterocycles. The minimum Gasteiger partial charge on any atom is -0.387 e. The SMILES string of the molecule is CCCCNC1=CC(c2cnc(N)c(C(=N)c3cc4c([nH]3)CC(C)=CC=C4c3ccc(C)s3)c2)=CN(CC)C1. The lowest BCUT2D eigenvalue weighted by Crippen LogP contribution is -2.30. The second kappa shape index (κ2) is 11.5. The van der Waals surface area contributed by atoms with Gasteiger partial charge in [-0.05, 0) is 57.5 Å². The van der Waals surface area contributed by atoms with Gasteiger partial charge in [0.15, 0.2) is 0 Å². The molecule has 5 rings (SSSR count). The predicted molar refractivity (Wildman–Crippen MR) is 165 cm³/mol. The number of thiophene rings is 1. The Bertz CT molecular complexity index is 1510. The summed E-state index contributed by atoms with van der Waals surface area (Å²) in [6.45, 7) is 11.4. The Morgan fingerprint density at radius 2 is 2.05 bits per heavy atom. The lowest BCUT2D eigenvalue weighted by molar-refractivity contribution is 0.414. The van der Waals surface area contributed by atoms with Gasteiger partial charge in [-0.15, -0.1) is 11.3 Å². The van der Waals surface area contributed by atoms with Crippen LogP contribution in [0.5, 0.6) is 0 Å². The van der Waals surface area contributed by atoms with Crippen molar-refractivity contribution >= 4 is 34.0 Å². The van der Waals surface area contributed by atoms with Crippen LogP contribution in [-0.2, 0) is 6.42 Å². The highest BCUT2D eigenvalue weighted by atomic mass is 32.1. The topological polar surface area (TPSA) is 93.8 Å². The van der Waals surface area contributed by atoms with E-state index in [0.29, 0.717) is 17.1 Å². The minimum atomic E-state index is 0.354. The molecule has 6 nitrogen and oxygen atoms in total. The number of aryl methyl sites for hydroxylation is 1. The molecule has 0 saturated carbocycles. The molecule has 0 radical (unpaired) electrons. The number of nitrogens with one attached hydrogen (secondary N) is 3. The fourth-order valence-electron chi connectivity index (χ4n) is 5.06. The average molecular weight is 539 g/mol. The summed E-state index contributed by atoms with van der Waals surface area (Å²) in [5, 5.41) is 12.8. The first-order valence-electron chi connectivity index (χ1n) is 13.8. The number of likely N-dealkylation sites (N-methyl/N-ethyl adjacent to an activating group) is 1. The lowest BCUT2D eigenvalue weighted by Gasteiger charge is -2.27. The molecule has 0 atom stereocenters. The van der Waals surface area contributed by atoms with Crippen LogP contribution in [-0.4, -0.2) is 40.2 Å². The number of nitrogens with two attached hydrogens (primary N) is 1. The van der Waals surface area contributed by atoms with Crippen LogP contribution in [0.4, 0.5) is 5.82 Å². The van der Waals surface area contributed by atoms with Crippen molar-refractivity contribution in [3.63, 3.8) is 0 Å². The molecule has 0 aromatic carbocycles. The smallest absolute Gasteiger partial charge is 0.132 e. The van der Waals surface area contributed by atoms with Crippen molar-refractivity contribution in [2.45, 2.75) is 47.0 Å². The van der Waals surface area contributed by atoms with Gasteiger partial charge in [-0.3, -0.25) is 5.41 Å². The second-order valence-electron chi connectivity index (χ2n) is 10.4. The van der Waals surface area contributed by atoms with E-state index in [0.717, 1.165) is 67.0 Å². The zero-order valence-electron chi connectivity index (χ0n) is 23.3. The van der Waals surface area contributed by atoms with Crippen LogP contribution in [0.25, 0.3) is 11.1 Å². The molecule has 0 fully saturated rings. The standard InChI is InChI=1S/C32H38N6S/c1-5-7-12-35-24-14-23(18-38(6-2)19-24)22-15-27(32(34)36-17-22)31(33)29-16-26-25(30-11-9-21(4)39-30)10-8-20(3)13-28(26)37-29/h8-11,14-18,33,35,37H,5-7,12-13,19H2,1-4H3,(H2,34,36). The van der Waals surface area contributed by atoms with Gasteiger partial charge in [0.1, 0.15) is 5.82 Å². The maximum atomic E-state index is 9.17. The van der Waals surface area contributed by atoms with Gasteiger partial charge in [0.05, 0.1) is 18.0 Å². The summed E-state index contributed by atoms with van der Waals surface area (Å²) in [6, 6.07) is 8.45. The van der Waals surface area contributed by atoms with Gasteiger partial charge >= 0.3 is 0 Å². The number of nitrogen functional groups attached to an aromatic ring is 1. The first-order chi connectivity index (χ1) is 18.9. The number of fused-ring (bicyclic) bond motifs is 1. The Balaban J connectivity index is 1.48. The van der Waals surface area contributed by atoms with Gasteiger partial charge in [0.25, 0.3) is 0 Å². The summed E-state index contributed by atoms with van der Waals surface area (Å²) >= 11 is 1.79. The van der Waals surface area contributed by atoms with Gasteiger partial charge in [-0.1, -0.05) is 31.1 Å². The molecule has 0 unspecified atom stereocenters. The number of pyridine rings is 1. The van der Waals surface area contributed by atoms with E-state index in [-0.39, 0.29) is 0 Å². The molecule has 0 saturated heterocycles. The number of hydrogen-bond acceptors (Lipinski definition) is 6. The third kappa shape index (κ3) is 5.78. The number of aromatic amines is 1. The van der Waals surface area contributed by atoms with Gasteiger partial charge in [0, 0.05) is 80.9 Å². The summed E-state index contributed by atoms with van der Waals surface area (Å²) in [6.07, 6.45) is 13.7. The summed E-state index contributed by atoms with van der Waals surface area (Å²) in [7, 11) is 0. The highest BCUT2D eigenvalue weighted by Crippen LogP contribution is 2.35. The van der Waals surface area contributed by atoms with Crippen molar-refractivity contribution in [2.24, 2.45) is 0 Å². The zero-order valence-corrected chi connectivity index (χ0v) is 24.1. The lowest BCUT2D eigenvalue weighted by atomic mass is 9.99. The number of anilines is 1. The zero-order chi connectivity index (χ0) is 27.5. The Labute approximate surface area is 235 Å². The van der Waals surface area contributed by atoms with Crippen LogP contribution < -0.4 is 11.1 Å². The third-order valence-electron chi connectivity index (χ3n) is 7.29. The van der Waals surface area contributed by atoms with Crippen LogP contribution in [0.3, 0.4) is 0 Å². The van der Waals surface area contributed by atoms with Crippen molar-refractivity contribution in [3.05, 3.63) is 104 Å². The van der Waals surface area contributed by atoms with Crippen molar-refractivity contribution in [1.82, 2.24) is 20.2 Å². The quantitative estimate of drug-likeness (QED) is 0.181. The first kappa shape index (κ1) is 26.8. The summed E-state index contributed by atoms with van der Waals surface area (Å²) in [5.74, 6) is 0.364. The molecule has 39 heavy (non-hydrogen) atoms. The number of H-pyrrole nitrogens is 1. The van der Waals surface area contributed by atoms with Crippen molar-refractivity contribution in [3.8, 4) is 0 Å². The molecule has 2 aliphatic rings. The summed E-state index contributed by atoms with van der Waals surface area (Å²) in [4.78, 5) is 12.9. The Kier molecular flexibility index (Phi) is 7.89. The maximum absolute atomic E-state index is 9.17. The number of hydrogen-bond donors (Lipinski definition) is 4. The highest BCUT2D eigenvalue weighted by molar-refractivity contribution is 7.13. The van der Waals surface area contributed by atoms with E-state index in [1.54, 1.807) is 11.3 Å². The van der Waals surface area contributed by atoms with Crippen LogP contribution >= 0.6 is 11.3 Å². The molecule has 0 bridgehead atoms. The Hall–Kier alpha value is -3.84. The minimum absolute atomic E-state index is 0.354. The Morgan fingerprint density at radius 1 is 1.21 bits per heavy atom. The van der Waals surface area contributed by atoms with Gasteiger partial charge in [0.2, 0.25) is 0 Å². The van der Waals surface area contributed by atoms with Gasteiger partial charge in [-0.2, -0.15) is 0 Å². The van der Waals surface area contributed by atoms with Crippen molar-refractivity contribution in [1.29, 1.82) is 5.41 Å². The first-order valence-corrected chi connectivity index (χ1v) is 14.6. The number of aromatic nitrogens is 2. The molecule has 0 amide bonds. The molecular formula is C32H38N6S. The highest BCUT2D eigenvalue weighted by Gasteiger charge is 2.21. The molecule has 3 aromatic heterocycles.